The minimum atomic E-state index is -0.466. The minimum absolute atomic E-state index is 0.355. The Morgan fingerprint density at radius 3 is 3.11 bits per heavy atom. The maximum atomic E-state index is 11.1. The normalized spacial score (nSPS) is 10.5. The van der Waals surface area contributed by atoms with Crippen LogP contribution in [0.2, 0.25) is 0 Å². The second kappa shape index (κ2) is 5.39. The third-order valence-electron chi connectivity index (χ3n) is 2.44. The highest BCUT2D eigenvalue weighted by Crippen LogP contribution is 2.12. The fourth-order valence-electron chi connectivity index (χ4n) is 1.65. The first-order chi connectivity index (χ1) is 8.69. The van der Waals surface area contributed by atoms with Crippen molar-refractivity contribution in [3.8, 4) is 0 Å². The van der Waals surface area contributed by atoms with E-state index in [9.17, 15) is 9.59 Å². The number of fused-ring (bicyclic) bond motifs is 1. The Hall–Kier alpha value is -2.24. The van der Waals surface area contributed by atoms with Crippen LogP contribution in [0.1, 0.15) is 12.5 Å². The molecule has 0 bridgehead atoms. The van der Waals surface area contributed by atoms with Crippen LogP contribution < -0.4 is 11.1 Å². The van der Waals surface area contributed by atoms with Crippen LogP contribution in [-0.2, 0) is 11.2 Å². The molecule has 0 saturated carbocycles. The maximum absolute atomic E-state index is 11.1. The smallest absolute Gasteiger partial charge is 0.417 e. The monoisotopic (exact) mass is 250 g/mol. The van der Waals surface area contributed by atoms with E-state index in [1.807, 2.05) is 12.1 Å². The molecular formula is C12H14N2O4. The van der Waals surface area contributed by atoms with Crippen LogP contribution in [0.4, 0.5) is 4.79 Å². The summed E-state index contributed by atoms with van der Waals surface area (Å²) in [6.07, 6.45) is 0.234. The van der Waals surface area contributed by atoms with Gasteiger partial charge in [0.1, 0.15) is 0 Å². The van der Waals surface area contributed by atoms with E-state index in [0.717, 1.165) is 5.56 Å². The Balaban J connectivity index is 1.95. The van der Waals surface area contributed by atoms with E-state index in [-0.39, 0.29) is 0 Å². The lowest BCUT2D eigenvalue weighted by molar-refractivity contribution is 0.152. The van der Waals surface area contributed by atoms with Gasteiger partial charge in [-0.05, 0) is 31.0 Å². The topological polar surface area (TPSA) is 84.3 Å². The van der Waals surface area contributed by atoms with E-state index in [0.29, 0.717) is 30.7 Å². The van der Waals surface area contributed by atoms with E-state index >= 15 is 0 Å². The third-order valence-corrected chi connectivity index (χ3v) is 2.44. The standard InChI is InChI=1S/C12H14N2O4/c1-2-17-11(15)13-6-5-8-3-4-10-9(7-8)14-12(16)18-10/h3-4,7H,2,5-6H2,1H3,(H,13,15)(H,14,16). The number of amides is 1. The van der Waals surface area contributed by atoms with Crippen molar-refractivity contribution >= 4 is 17.2 Å². The van der Waals surface area contributed by atoms with Crippen molar-refractivity contribution in [2.24, 2.45) is 0 Å². The maximum Gasteiger partial charge on any atom is 0.417 e. The largest absolute Gasteiger partial charge is 0.450 e. The molecule has 0 saturated heterocycles. The number of aromatic amines is 1. The highest BCUT2D eigenvalue weighted by Gasteiger charge is 2.03. The molecule has 2 rings (SSSR count). The van der Waals surface area contributed by atoms with Crippen molar-refractivity contribution in [1.82, 2.24) is 10.3 Å². The quantitative estimate of drug-likeness (QED) is 0.859. The van der Waals surface area contributed by atoms with Crippen molar-refractivity contribution in [1.29, 1.82) is 0 Å². The summed E-state index contributed by atoms with van der Waals surface area (Å²) in [6.45, 7) is 2.59. The Kier molecular flexibility index (Phi) is 3.66. The molecule has 1 heterocycles. The molecule has 2 N–H and O–H groups in total. The Bertz CT molecular complexity index is 599. The van der Waals surface area contributed by atoms with Crippen LogP contribution in [0.5, 0.6) is 0 Å². The average molecular weight is 250 g/mol. The number of ether oxygens (including phenoxy) is 1. The second-order valence-electron chi connectivity index (χ2n) is 3.74. The van der Waals surface area contributed by atoms with Gasteiger partial charge in [0.15, 0.2) is 5.58 Å². The first-order valence-electron chi connectivity index (χ1n) is 5.71. The molecule has 1 aromatic carbocycles. The fraction of sp³-hybridized carbons (Fsp3) is 0.333. The van der Waals surface area contributed by atoms with Crippen LogP contribution in [0.25, 0.3) is 11.1 Å². The summed E-state index contributed by atoms with van der Waals surface area (Å²) in [7, 11) is 0. The molecular weight excluding hydrogens is 236 g/mol. The Morgan fingerprint density at radius 2 is 2.33 bits per heavy atom. The van der Waals surface area contributed by atoms with E-state index in [4.69, 9.17) is 9.15 Å². The summed E-state index contributed by atoms with van der Waals surface area (Å²) in [5.74, 6) is -0.466. The van der Waals surface area contributed by atoms with Gasteiger partial charge in [0.05, 0.1) is 12.1 Å². The molecule has 0 radical (unpaired) electrons. The summed E-state index contributed by atoms with van der Waals surface area (Å²) in [6, 6.07) is 5.41. The number of H-pyrrole nitrogens is 1. The third kappa shape index (κ3) is 2.91. The molecule has 0 aliphatic heterocycles. The lowest BCUT2D eigenvalue weighted by Crippen LogP contribution is -2.26. The van der Waals surface area contributed by atoms with Crippen molar-refractivity contribution in [3.63, 3.8) is 0 Å². The van der Waals surface area contributed by atoms with Crippen molar-refractivity contribution in [2.45, 2.75) is 13.3 Å². The number of carbonyl (C=O) groups excluding carboxylic acids is 1. The lowest BCUT2D eigenvalue weighted by atomic mass is 10.1. The van der Waals surface area contributed by atoms with Crippen molar-refractivity contribution in [3.05, 3.63) is 34.3 Å². The second-order valence-corrected chi connectivity index (χ2v) is 3.74. The summed E-state index contributed by atoms with van der Waals surface area (Å²) < 4.78 is 9.64. The SMILES string of the molecule is CCOC(=O)NCCc1ccc2oc(=O)[nH]c2c1. The van der Waals surface area contributed by atoms with Crippen LogP contribution in [-0.4, -0.2) is 24.2 Å². The molecule has 96 valence electrons. The van der Waals surface area contributed by atoms with Gasteiger partial charge in [-0.15, -0.1) is 0 Å². The van der Waals surface area contributed by atoms with Crippen LogP contribution in [0.3, 0.4) is 0 Å². The number of aromatic nitrogens is 1. The number of alkyl carbamates (subject to hydrolysis) is 1. The number of hydrogen-bond donors (Lipinski definition) is 2. The van der Waals surface area contributed by atoms with Crippen molar-refractivity contribution < 1.29 is 13.9 Å². The summed E-state index contributed by atoms with van der Waals surface area (Å²) in [5.41, 5.74) is 2.19. The highest BCUT2D eigenvalue weighted by molar-refractivity contribution is 5.72. The Morgan fingerprint density at radius 1 is 1.50 bits per heavy atom. The Labute approximate surface area is 103 Å². The fourth-order valence-corrected chi connectivity index (χ4v) is 1.65. The molecule has 6 heteroatoms. The molecule has 18 heavy (non-hydrogen) atoms. The van der Waals surface area contributed by atoms with E-state index < -0.39 is 11.8 Å². The van der Waals surface area contributed by atoms with Crippen LogP contribution >= 0.6 is 0 Å². The predicted molar refractivity (Wildman–Crippen MR) is 65.6 cm³/mol. The van der Waals surface area contributed by atoms with E-state index in [1.54, 1.807) is 13.0 Å². The molecule has 0 aliphatic rings. The van der Waals surface area contributed by atoms with Gasteiger partial charge in [0.2, 0.25) is 0 Å². The summed E-state index contributed by atoms with van der Waals surface area (Å²) in [4.78, 5) is 24.6. The number of carbonyl (C=O) groups is 1. The number of rotatable bonds is 4. The number of benzene rings is 1. The van der Waals surface area contributed by atoms with Gasteiger partial charge in [-0.25, -0.2) is 9.59 Å². The lowest BCUT2D eigenvalue weighted by Gasteiger charge is -2.04. The zero-order chi connectivity index (χ0) is 13.0. The molecule has 6 nitrogen and oxygen atoms in total. The first kappa shape index (κ1) is 12.2. The van der Waals surface area contributed by atoms with Gasteiger partial charge >= 0.3 is 11.8 Å². The summed E-state index contributed by atoms with van der Waals surface area (Å²) in [5, 5.41) is 2.63. The van der Waals surface area contributed by atoms with E-state index in [2.05, 4.69) is 10.3 Å². The van der Waals surface area contributed by atoms with Crippen LogP contribution in [0.15, 0.2) is 27.4 Å². The van der Waals surface area contributed by atoms with E-state index in [1.165, 1.54) is 0 Å². The van der Waals surface area contributed by atoms with Crippen molar-refractivity contribution in [2.75, 3.05) is 13.2 Å². The molecule has 0 atom stereocenters. The molecule has 1 aromatic heterocycles. The molecule has 0 spiro atoms. The highest BCUT2D eigenvalue weighted by atomic mass is 16.5. The van der Waals surface area contributed by atoms with Gasteiger partial charge < -0.3 is 14.5 Å². The minimum Gasteiger partial charge on any atom is -0.450 e. The molecule has 0 aliphatic carbocycles. The zero-order valence-corrected chi connectivity index (χ0v) is 9.99. The zero-order valence-electron chi connectivity index (χ0n) is 9.99. The molecule has 2 aromatic rings. The predicted octanol–water partition coefficient (Wildman–Crippen LogP) is 1.41. The molecule has 1 amide bonds. The number of hydrogen-bond acceptors (Lipinski definition) is 4. The van der Waals surface area contributed by atoms with Gasteiger partial charge in [-0.1, -0.05) is 6.07 Å². The van der Waals surface area contributed by atoms with Gasteiger partial charge in [0, 0.05) is 6.54 Å². The summed E-state index contributed by atoms with van der Waals surface area (Å²) >= 11 is 0. The number of nitrogens with one attached hydrogen (secondary N) is 2. The molecule has 0 fully saturated rings. The molecule has 0 unspecified atom stereocenters. The van der Waals surface area contributed by atoms with Gasteiger partial charge in [-0.3, -0.25) is 4.98 Å². The van der Waals surface area contributed by atoms with Crippen LogP contribution in [0, 0.1) is 0 Å². The first-order valence-corrected chi connectivity index (χ1v) is 5.71. The van der Waals surface area contributed by atoms with Gasteiger partial charge in [-0.2, -0.15) is 0 Å². The van der Waals surface area contributed by atoms with Gasteiger partial charge in [0.25, 0.3) is 0 Å². The number of oxazole rings is 1. The average Bonchev–Trinajstić information content (AvgIpc) is 2.69.